The Morgan fingerprint density at radius 2 is 0.800 bits per heavy atom. The van der Waals surface area contributed by atoms with Crippen LogP contribution in [0.3, 0.4) is 0 Å². The lowest BCUT2D eigenvalue weighted by atomic mass is 9.99. The van der Waals surface area contributed by atoms with Crippen LogP contribution in [0.15, 0.2) is 72.8 Å². The van der Waals surface area contributed by atoms with Gasteiger partial charge in [0.05, 0.1) is 23.3 Å². The highest BCUT2D eigenvalue weighted by molar-refractivity contribution is 5.91. The molecule has 0 bridgehead atoms. The lowest BCUT2D eigenvalue weighted by Crippen LogP contribution is -2.15. The highest BCUT2D eigenvalue weighted by Crippen LogP contribution is 2.26. The number of rotatable bonds is 16. The average Bonchev–Trinajstić information content (AvgIpc) is 2.98. The van der Waals surface area contributed by atoms with Crippen molar-refractivity contribution in [3.63, 3.8) is 0 Å². The summed E-state index contributed by atoms with van der Waals surface area (Å²) in [5.74, 6) is -0.530. The molecular formula is C36H46O4. The number of ether oxygens (including phenoxy) is 2. The normalized spacial score (nSPS) is 12.5. The fraction of sp³-hybridized carbons (Fsp3) is 0.444. The second-order valence-corrected chi connectivity index (χ2v) is 10.9. The molecule has 0 N–H and O–H groups in total. The maximum Gasteiger partial charge on any atom is 0.338 e. The van der Waals surface area contributed by atoms with Gasteiger partial charge in [-0.05, 0) is 86.1 Å². The molecule has 0 aliphatic carbocycles. The minimum Gasteiger partial charge on any atom is -0.459 e. The topological polar surface area (TPSA) is 52.6 Å². The van der Waals surface area contributed by atoms with Crippen LogP contribution < -0.4 is 0 Å². The van der Waals surface area contributed by atoms with Crippen LogP contribution in [0.1, 0.15) is 113 Å². The van der Waals surface area contributed by atoms with Crippen LogP contribution >= 0.6 is 0 Å². The van der Waals surface area contributed by atoms with Crippen LogP contribution in [0.25, 0.3) is 22.3 Å². The standard InChI is InChI=1S/C36H46O4/c1-5-7-9-11-13-27(3)39-35(37)33-23-19-31(20-24-33)29-15-17-30(18-16-29)32-21-25-34(26-22-32)36(38)40-28(4)14-12-10-8-6-2/h15-28H,5-14H2,1-4H3/t27-,28+. The summed E-state index contributed by atoms with van der Waals surface area (Å²) in [6, 6.07) is 23.5. The van der Waals surface area contributed by atoms with Crippen LogP contribution in [0.2, 0.25) is 0 Å². The van der Waals surface area contributed by atoms with Crippen molar-refractivity contribution in [1.82, 2.24) is 0 Å². The molecule has 0 unspecified atom stereocenters. The monoisotopic (exact) mass is 542 g/mol. The minimum atomic E-state index is -0.265. The summed E-state index contributed by atoms with van der Waals surface area (Å²) in [6.45, 7) is 8.32. The van der Waals surface area contributed by atoms with Gasteiger partial charge < -0.3 is 9.47 Å². The molecule has 4 nitrogen and oxygen atoms in total. The van der Waals surface area contributed by atoms with E-state index in [-0.39, 0.29) is 24.1 Å². The summed E-state index contributed by atoms with van der Waals surface area (Å²) in [4.78, 5) is 25.0. The summed E-state index contributed by atoms with van der Waals surface area (Å²) in [7, 11) is 0. The summed E-state index contributed by atoms with van der Waals surface area (Å²) in [6.07, 6.45) is 11.1. The van der Waals surface area contributed by atoms with Gasteiger partial charge in [-0.15, -0.1) is 0 Å². The van der Waals surface area contributed by atoms with E-state index in [1.165, 1.54) is 38.5 Å². The zero-order valence-corrected chi connectivity index (χ0v) is 24.8. The van der Waals surface area contributed by atoms with Gasteiger partial charge in [-0.3, -0.25) is 0 Å². The molecule has 3 rings (SSSR count). The molecule has 0 fully saturated rings. The van der Waals surface area contributed by atoms with Crippen molar-refractivity contribution in [2.75, 3.05) is 0 Å². The maximum atomic E-state index is 12.5. The van der Waals surface area contributed by atoms with E-state index in [2.05, 4.69) is 38.1 Å². The predicted molar refractivity (Wildman–Crippen MR) is 165 cm³/mol. The second-order valence-electron chi connectivity index (χ2n) is 10.9. The lowest BCUT2D eigenvalue weighted by Gasteiger charge is -2.13. The van der Waals surface area contributed by atoms with Crippen molar-refractivity contribution in [2.45, 2.75) is 104 Å². The third-order valence-corrected chi connectivity index (χ3v) is 7.34. The van der Waals surface area contributed by atoms with Crippen molar-refractivity contribution in [1.29, 1.82) is 0 Å². The third kappa shape index (κ3) is 9.97. The highest BCUT2D eigenvalue weighted by Gasteiger charge is 2.14. The first-order valence-corrected chi connectivity index (χ1v) is 15.1. The molecule has 0 heterocycles. The van der Waals surface area contributed by atoms with Gasteiger partial charge in [0.2, 0.25) is 0 Å². The molecule has 2 atom stereocenters. The molecule has 3 aromatic carbocycles. The van der Waals surface area contributed by atoms with Crippen LogP contribution in [-0.4, -0.2) is 24.1 Å². The zero-order chi connectivity index (χ0) is 28.7. The summed E-state index contributed by atoms with van der Waals surface area (Å²) in [5.41, 5.74) is 5.37. The Balaban J connectivity index is 1.53. The van der Waals surface area contributed by atoms with E-state index in [0.717, 1.165) is 47.9 Å². The number of esters is 2. The van der Waals surface area contributed by atoms with Crippen molar-refractivity contribution in [2.24, 2.45) is 0 Å². The first-order valence-electron chi connectivity index (χ1n) is 15.1. The number of carbonyl (C=O) groups excluding carboxylic acids is 2. The quantitative estimate of drug-likeness (QED) is 0.133. The molecule has 0 aromatic heterocycles. The van der Waals surface area contributed by atoms with Crippen molar-refractivity contribution < 1.29 is 19.1 Å². The minimum absolute atomic E-state index is 0.0693. The average molecular weight is 543 g/mol. The molecule has 0 spiro atoms. The number of hydrogen-bond acceptors (Lipinski definition) is 4. The van der Waals surface area contributed by atoms with Crippen molar-refractivity contribution in [3.05, 3.63) is 83.9 Å². The van der Waals surface area contributed by atoms with Crippen LogP contribution in [0.4, 0.5) is 0 Å². The summed E-state index contributed by atoms with van der Waals surface area (Å²) in [5, 5.41) is 0. The van der Waals surface area contributed by atoms with Gasteiger partial charge in [-0.2, -0.15) is 0 Å². The number of carbonyl (C=O) groups is 2. The van der Waals surface area contributed by atoms with E-state index in [0.29, 0.717) is 11.1 Å². The lowest BCUT2D eigenvalue weighted by molar-refractivity contribution is 0.0309. The number of benzene rings is 3. The van der Waals surface area contributed by atoms with E-state index >= 15 is 0 Å². The molecule has 0 aliphatic heterocycles. The fourth-order valence-corrected chi connectivity index (χ4v) is 4.79. The van der Waals surface area contributed by atoms with Crippen molar-refractivity contribution >= 4 is 11.9 Å². The molecule has 4 heteroatoms. The molecule has 0 amide bonds. The van der Waals surface area contributed by atoms with Crippen LogP contribution in [0, 0.1) is 0 Å². The van der Waals surface area contributed by atoms with E-state index in [1.54, 1.807) is 0 Å². The van der Waals surface area contributed by atoms with Gasteiger partial charge in [0.1, 0.15) is 0 Å². The number of unbranched alkanes of at least 4 members (excludes halogenated alkanes) is 6. The van der Waals surface area contributed by atoms with Gasteiger partial charge in [0.25, 0.3) is 0 Å². The Kier molecular flexibility index (Phi) is 13.0. The molecule has 0 saturated heterocycles. The Morgan fingerprint density at radius 3 is 1.10 bits per heavy atom. The molecule has 0 saturated carbocycles. The Labute approximate surface area is 241 Å². The predicted octanol–water partition coefficient (Wildman–Crippen LogP) is 10.1. The van der Waals surface area contributed by atoms with Gasteiger partial charge in [-0.1, -0.05) is 101 Å². The molecular weight excluding hydrogens is 496 g/mol. The van der Waals surface area contributed by atoms with Crippen LogP contribution in [0.5, 0.6) is 0 Å². The molecule has 0 aliphatic rings. The van der Waals surface area contributed by atoms with E-state index in [4.69, 9.17) is 9.47 Å². The van der Waals surface area contributed by atoms with Gasteiger partial charge in [0, 0.05) is 0 Å². The summed E-state index contributed by atoms with van der Waals surface area (Å²) >= 11 is 0. The summed E-state index contributed by atoms with van der Waals surface area (Å²) < 4.78 is 11.2. The molecule has 3 aromatic rings. The van der Waals surface area contributed by atoms with Gasteiger partial charge in [-0.25, -0.2) is 9.59 Å². The largest absolute Gasteiger partial charge is 0.459 e. The second kappa shape index (κ2) is 16.6. The Bertz CT molecular complexity index is 1070. The smallest absolute Gasteiger partial charge is 0.338 e. The Hall–Kier alpha value is -3.40. The Morgan fingerprint density at radius 1 is 0.500 bits per heavy atom. The first-order chi connectivity index (χ1) is 19.4. The molecule has 214 valence electrons. The zero-order valence-electron chi connectivity index (χ0n) is 24.8. The van der Waals surface area contributed by atoms with E-state index in [1.807, 2.05) is 62.4 Å². The van der Waals surface area contributed by atoms with E-state index < -0.39 is 0 Å². The van der Waals surface area contributed by atoms with Crippen LogP contribution in [-0.2, 0) is 9.47 Å². The van der Waals surface area contributed by atoms with E-state index in [9.17, 15) is 9.59 Å². The fourth-order valence-electron chi connectivity index (χ4n) is 4.79. The first kappa shape index (κ1) is 31.1. The third-order valence-electron chi connectivity index (χ3n) is 7.34. The SMILES string of the molecule is CCCCCC[C@@H](C)OC(=O)c1ccc(-c2ccc(-c3ccc(C(=O)O[C@@H](C)CCCCCC)cc3)cc2)cc1. The number of hydrogen-bond donors (Lipinski definition) is 0. The van der Waals surface area contributed by atoms with Gasteiger partial charge >= 0.3 is 11.9 Å². The maximum absolute atomic E-state index is 12.5. The van der Waals surface area contributed by atoms with Gasteiger partial charge in [0.15, 0.2) is 0 Å². The molecule has 40 heavy (non-hydrogen) atoms. The van der Waals surface area contributed by atoms with Crippen molar-refractivity contribution in [3.8, 4) is 22.3 Å². The molecule has 0 radical (unpaired) electrons. The highest BCUT2D eigenvalue weighted by atomic mass is 16.5.